The van der Waals surface area contributed by atoms with Crippen LogP contribution in [-0.2, 0) is 6.42 Å². The van der Waals surface area contributed by atoms with Gasteiger partial charge in [0.2, 0.25) is 0 Å². The van der Waals surface area contributed by atoms with Crippen molar-refractivity contribution in [1.29, 1.82) is 0 Å². The Morgan fingerprint density at radius 1 is 1.64 bits per heavy atom. The molecule has 0 radical (unpaired) electrons. The topological polar surface area (TPSA) is 32.3 Å². The molecule has 0 amide bonds. The Morgan fingerprint density at radius 2 is 2.57 bits per heavy atom. The molecular weight excluding hydrogens is 214 g/mol. The molecule has 1 aliphatic heterocycles. The smallest absolute Gasteiger partial charge is 0.0711 e. The molecule has 1 saturated heterocycles. The molecule has 14 heavy (non-hydrogen) atoms. The van der Waals surface area contributed by atoms with E-state index in [4.69, 9.17) is 0 Å². The normalized spacial score (nSPS) is 24.8. The summed E-state index contributed by atoms with van der Waals surface area (Å²) in [7, 11) is 0. The Bertz CT molecular complexity index is 257. The molecule has 0 spiro atoms. The van der Waals surface area contributed by atoms with Gasteiger partial charge < -0.3 is 10.4 Å². The lowest BCUT2D eigenvalue weighted by atomic mass is 10.1. The maximum absolute atomic E-state index is 9.99. The minimum atomic E-state index is -0.206. The molecule has 2 heterocycles. The summed E-state index contributed by atoms with van der Waals surface area (Å²) < 4.78 is 0. The highest BCUT2D eigenvalue weighted by atomic mass is 32.2. The van der Waals surface area contributed by atoms with Crippen molar-refractivity contribution < 1.29 is 5.11 Å². The van der Waals surface area contributed by atoms with E-state index in [1.54, 1.807) is 11.3 Å². The summed E-state index contributed by atoms with van der Waals surface area (Å²) in [5.74, 6) is 1.12. The highest BCUT2D eigenvalue weighted by Gasteiger charge is 2.22. The van der Waals surface area contributed by atoms with E-state index < -0.39 is 0 Å². The van der Waals surface area contributed by atoms with Gasteiger partial charge in [-0.05, 0) is 22.4 Å². The number of hydrogen-bond acceptors (Lipinski definition) is 4. The number of nitrogens with one attached hydrogen (secondary N) is 1. The van der Waals surface area contributed by atoms with Crippen LogP contribution in [-0.4, -0.2) is 35.3 Å². The Balaban J connectivity index is 1.85. The molecular formula is C10H15NOS2. The van der Waals surface area contributed by atoms with Crippen molar-refractivity contribution in [3.8, 4) is 0 Å². The van der Waals surface area contributed by atoms with Crippen molar-refractivity contribution in [2.75, 3.05) is 18.8 Å². The number of aliphatic hydroxyl groups excluding tert-OH is 1. The largest absolute Gasteiger partial charge is 0.392 e. The van der Waals surface area contributed by atoms with Gasteiger partial charge in [-0.3, -0.25) is 0 Å². The molecule has 1 aromatic rings. The third-order valence-electron chi connectivity index (χ3n) is 2.41. The van der Waals surface area contributed by atoms with Crippen LogP contribution in [0.4, 0.5) is 0 Å². The van der Waals surface area contributed by atoms with Gasteiger partial charge in [0.1, 0.15) is 0 Å². The van der Waals surface area contributed by atoms with Crippen LogP contribution >= 0.6 is 23.1 Å². The van der Waals surface area contributed by atoms with E-state index in [0.717, 1.165) is 25.3 Å². The van der Waals surface area contributed by atoms with Crippen molar-refractivity contribution in [3.63, 3.8) is 0 Å². The second-order valence-electron chi connectivity index (χ2n) is 3.52. The average molecular weight is 229 g/mol. The van der Waals surface area contributed by atoms with Crippen molar-refractivity contribution in [2.24, 2.45) is 0 Å². The predicted molar refractivity (Wildman–Crippen MR) is 63.1 cm³/mol. The third-order valence-corrected chi connectivity index (χ3v) is 4.49. The number of aliphatic hydroxyl groups is 1. The van der Waals surface area contributed by atoms with E-state index in [0.29, 0.717) is 5.25 Å². The Labute approximate surface area is 92.7 Å². The van der Waals surface area contributed by atoms with Crippen LogP contribution in [0.1, 0.15) is 5.56 Å². The van der Waals surface area contributed by atoms with Crippen LogP contribution in [0.3, 0.4) is 0 Å². The molecule has 0 saturated carbocycles. The number of thiophene rings is 1. The minimum absolute atomic E-state index is 0.206. The number of rotatable bonds is 3. The molecule has 0 aliphatic carbocycles. The van der Waals surface area contributed by atoms with Gasteiger partial charge in [-0.15, -0.1) is 0 Å². The fourth-order valence-corrected chi connectivity index (χ4v) is 3.42. The Hall–Kier alpha value is -0.0300. The highest BCUT2D eigenvalue weighted by Crippen LogP contribution is 2.20. The maximum atomic E-state index is 9.99. The SMILES string of the molecule is OC(Cc1ccsc1)C1CNCCS1. The molecule has 2 rings (SSSR count). The summed E-state index contributed by atoms with van der Waals surface area (Å²) in [6.07, 6.45) is 0.588. The van der Waals surface area contributed by atoms with Gasteiger partial charge in [0.15, 0.2) is 0 Å². The molecule has 0 aromatic carbocycles. The first kappa shape index (κ1) is 10.5. The van der Waals surface area contributed by atoms with E-state index in [9.17, 15) is 5.11 Å². The molecule has 0 bridgehead atoms. The van der Waals surface area contributed by atoms with Crippen LogP contribution in [0, 0.1) is 0 Å². The van der Waals surface area contributed by atoms with Gasteiger partial charge in [0, 0.05) is 30.5 Å². The predicted octanol–water partition coefficient (Wildman–Crippen LogP) is 1.36. The standard InChI is InChI=1S/C10H15NOS2/c12-9(5-8-1-3-13-7-8)10-6-11-2-4-14-10/h1,3,7,9-12H,2,4-6H2. The van der Waals surface area contributed by atoms with Crippen LogP contribution in [0.15, 0.2) is 16.8 Å². The van der Waals surface area contributed by atoms with E-state index >= 15 is 0 Å². The molecule has 2 unspecified atom stereocenters. The second kappa shape index (κ2) is 5.16. The van der Waals surface area contributed by atoms with Crippen LogP contribution < -0.4 is 5.32 Å². The first-order valence-electron chi connectivity index (χ1n) is 4.88. The molecule has 2 N–H and O–H groups in total. The number of hydrogen-bond donors (Lipinski definition) is 2. The highest BCUT2D eigenvalue weighted by molar-refractivity contribution is 8.00. The lowest BCUT2D eigenvalue weighted by molar-refractivity contribution is 0.169. The minimum Gasteiger partial charge on any atom is -0.392 e. The quantitative estimate of drug-likeness (QED) is 0.821. The second-order valence-corrected chi connectivity index (χ2v) is 5.64. The van der Waals surface area contributed by atoms with Crippen molar-refractivity contribution in [2.45, 2.75) is 17.8 Å². The zero-order chi connectivity index (χ0) is 9.80. The summed E-state index contributed by atoms with van der Waals surface area (Å²) in [5, 5.41) is 17.9. The molecule has 78 valence electrons. The first-order valence-corrected chi connectivity index (χ1v) is 6.87. The van der Waals surface area contributed by atoms with E-state index in [1.807, 2.05) is 11.8 Å². The summed E-state index contributed by atoms with van der Waals surface area (Å²) in [4.78, 5) is 0. The summed E-state index contributed by atoms with van der Waals surface area (Å²) >= 11 is 3.58. The summed E-state index contributed by atoms with van der Waals surface area (Å²) in [6.45, 7) is 2.02. The summed E-state index contributed by atoms with van der Waals surface area (Å²) in [6, 6.07) is 2.09. The molecule has 1 aliphatic rings. The molecule has 1 aromatic heterocycles. The van der Waals surface area contributed by atoms with Crippen molar-refractivity contribution in [3.05, 3.63) is 22.4 Å². The van der Waals surface area contributed by atoms with E-state index in [-0.39, 0.29) is 6.10 Å². The monoisotopic (exact) mass is 229 g/mol. The fraction of sp³-hybridized carbons (Fsp3) is 0.600. The zero-order valence-corrected chi connectivity index (χ0v) is 9.61. The molecule has 2 atom stereocenters. The van der Waals surface area contributed by atoms with E-state index in [1.165, 1.54) is 5.56 Å². The van der Waals surface area contributed by atoms with Gasteiger partial charge in [0.25, 0.3) is 0 Å². The lowest BCUT2D eigenvalue weighted by Gasteiger charge is -2.26. The zero-order valence-electron chi connectivity index (χ0n) is 7.98. The number of thioether (sulfide) groups is 1. The molecule has 1 fully saturated rings. The molecule has 4 heteroatoms. The van der Waals surface area contributed by atoms with Gasteiger partial charge in [0.05, 0.1) is 6.10 Å². The first-order chi connectivity index (χ1) is 6.86. The van der Waals surface area contributed by atoms with E-state index in [2.05, 4.69) is 22.1 Å². The van der Waals surface area contributed by atoms with Crippen molar-refractivity contribution >= 4 is 23.1 Å². The van der Waals surface area contributed by atoms with Crippen LogP contribution in [0.5, 0.6) is 0 Å². The average Bonchev–Trinajstić information content (AvgIpc) is 2.72. The van der Waals surface area contributed by atoms with Crippen LogP contribution in [0.2, 0.25) is 0 Å². The van der Waals surface area contributed by atoms with Gasteiger partial charge in [-0.25, -0.2) is 0 Å². The summed E-state index contributed by atoms with van der Waals surface area (Å²) in [5.41, 5.74) is 1.26. The van der Waals surface area contributed by atoms with Gasteiger partial charge in [-0.2, -0.15) is 23.1 Å². The lowest BCUT2D eigenvalue weighted by Crippen LogP contribution is -2.40. The van der Waals surface area contributed by atoms with Crippen molar-refractivity contribution in [1.82, 2.24) is 5.32 Å². The Morgan fingerprint density at radius 3 is 3.21 bits per heavy atom. The van der Waals surface area contributed by atoms with Gasteiger partial charge >= 0.3 is 0 Å². The maximum Gasteiger partial charge on any atom is 0.0711 e. The Kier molecular flexibility index (Phi) is 3.87. The third kappa shape index (κ3) is 2.73. The fourth-order valence-electron chi connectivity index (χ4n) is 1.61. The molecule has 2 nitrogen and oxygen atoms in total. The van der Waals surface area contributed by atoms with Crippen LogP contribution in [0.25, 0.3) is 0 Å². The van der Waals surface area contributed by atoms with Gasteiger partial charge in [-0.1, -0.05) is 0 Å².